The Hall–Kier alpha value is -2.71. The molecule has 2 aliphatic heterocycles. The molecular formula is C34H44N4O2S. The summed E-state index contributed by atoms with van der Waals surface area (Å²) in [6, 6.07) is 19.6. The highest BCUT2D eigenvalue weighted by Crippen LogP contribution is 2.52. The molecule has 3 heterocycles. The largest absolute Gasteiger partial charge is 0.382 e. The van der Waals surface area contributed by atoms with Crippen molar-refractivity contribution in [3.63, 3.8) is 0 Å². The molecule has 3 aliphatic rings. The molecule has 2 aromatic carbocycles. The van der Waals surface area contributed by atoms with Crippen LogP contribution >= 0.6 is 11.3 Å². The van der Waals surface area contributed by atoms with Crippen molar-refractivity contribution in [2.75, 3.05) is 43.1 Å². The van der Waals surface area contributed by atoms with Crippen LogP contribution in [0.5, 0.6) is 0 Å². The number of benzene rings is 2. The summed E-state index contributed by atoms with van der Waals surface area (Å²) in [4.78, 5) is 19.2. The lowest BCUT2D eigenvalue weighted by atomic mass is 9.87. The molecular weight excluding hydrogens is 528 g/mol. The second-order valence-corrected chi connectivity index (χ2v) is 13.9. The number of nitrogens with one attached hydrogen (secondary N) is 2. The van der Waals surface area contributed by atoms with Gasteiger partial charge in [-0.15, -0.1) is 11.3 Å². The van der Waals surface area contributed by atoms with E-state index in [1.165, 1.54) is 28.0 Å². The van der Waals surface area contributed by atoms with E-state index < -0.39 is 0 Å². The van der Waals surface area contributed by atoms with Gasteiger partial charge in [-0.1, -0.05) is 57.2 Å². The number of fused-ring (bicyclic) bond motifs is 2. The summed E-state index contributed by atoms with van der Waals surface area (Å²) < 4.78 is 5.57. The highest BCUT2D eigenvalue weighted by Gasteiger charge is 2.56. The van der Waals surface area contributed by atoms with Crippen molar-refractivity contribution in [2.45, 2.75) is 58.8 Å². The molecule has 3 aromatic rings. The normalized spacial score (nSPS) is 23.5. The van der Waals surface area contributed by atoms with E-state index in [1.807, 2.05) is 29.3 Å². The van der Waals surface area contributed by atoms with Crippen molar-refractivity contribution in [3.8, 4) is 0 Å². The van der Waals surface area contributed by atoms with Gasteiger partial charge in [-0.05, 0) is 70.4 Å². The van der Waals surface area contributed by atoms with Gasteiger partial charge in [0.15, 0.2) is 0 Å². The Morgan fingerprint density at radius 2 is 1.88 bits per heavy atom. The molecule has 2 N–H and O–H groups in total. The molecule has 0 bridgehead atoms. The first-order chi connectivity index (χ1) is 19.8. The third kappa shape index (κ3) is 6.38. The Balaban J connectivity index is 1.12. The summed E-state index contributed by atoms with van der Waals surface area (Å²) in [5.74, 6) is 2.02. The van der Waals surface area contributed by atoms with Gasteiger partial charge in [0.05, 0.1) is 11.0 Å². The Morgan fingerprint density at radius 1 is 1.10 bits per heavy atom. The fraction of sp³-hybridized carbons (Fsp3) is 0.500. The Labute approximate surface area is 249 Å². The summed E-state index contributed by atoms with van der Waals surface area (Å²) in [7, 11) is 0. The maximum atomic E-state index is 13.8. The quantitative estimate of drug-likeness (QED) is 0.278. The van der Waals surface area contributed by atoms with E-state index in [2.05, 4.69) is 78.8 Å². The van der Waals surface area contributed by atoms with Crippen LogP contribution in [0.15, 0.2) is 60.0 Å². The smallest absolute Gasteiger partial charge is 0.268 e. The van der Waals surface area contributed by atoms with E-state index in [0.29, 0.717) is 17.8 Å². The third-order valence-corrected chi connectivity index (χ3v) is 9.93. The maximum Gasteiger partial charge on any atom is 0.268 e. The van der Waals surface area contributed by atoms with Gasteiger partial charge in [-0.25, -0.2) is 0 Å². The highest BCUT2D eigenvalue weighted by molar-refractivity contribution is 7.12. The molecule has 7 heteroatoms. The Kier molecular flexibility index (Phi) is 8.23. The summed E-state index contributed by atoms with van der Waals surface area (Å²) in [5.41, 5.74) is 6.30. The second kappa shape index (κ2) is 11.9. The number of carbonyl (C=O) groups is 1. The number of hydrogen-bond donors (Lipinski definition) is 2. The Bertz CT molecular complexity index is 1320. The number of anilines is 2. The minimum Gasteiger partial charge on any atom is -0.382 e. The van der Waals surface area contributed by atoms with Crippen LogP contribution in [0.2, 0.25) is 0 Å². The van der Waals surface area contributed by atoms with E-state index in [1.54, 1.807) is 0 Å². The van der Waals surface area contributed by atoms with Crippen LogP contribution in [-0.4, -0.2) is 49.8 Å². The summed E-state index contributed by atoms with van der Waals surface area (Å²) >= 11 is 1.53. The zero-order chi connectivity index (χ0) is 28.6. The molecule has 41 heavy (non-hydrogen) atoms. The van der Waals surface area contributed by atoms with Gasteiger partial charge in [0, 0.05) is 63.7 Å². The van der Waals surface area contributed by atoms with E-state index in [9.17, 15) is 4.79 Å². The van der Waals surface area contributed by atoms with Crippen LogP contribution in [-0.2, 0) is 23.2 Å². The van der Waals surface area contributed by atoms with Gasteiger partial charge in [0.1, 0.15) is 0 Å². The molecule has 218 valence electrons. The minimum atomic E-state index is 0.113. The molecule has 1 aliphatic carbocycles. The topological polar surface area (TPSA) is 56.8 Å². The van der Waals surface area contributed by atoms with Crippen LogP contribution in [0.3, 0.4) is 0 Å². The molecule has 3 unspecified atom stereocenters. The van der Waals surface area contributed by atoms with Crippen LogP contribution < -0.4 is 15.5 Å². The summed E-state index contributed by atoms with van der Waals surface area (Å²) in [6.07, 6.45) is 1.07. The van der Waals surface area contributed by atoms with Crippen molar-refractivity contribution >= 4 is 28.6 Å². The molecule has 6 rings (SSSR count). The number of nitrogens with zero attached hydrogens (tertiary/aromatic N) is 2. The summed E-state index contributed by atoms with van der Waals surface area (Å²) in [6.45, 7) is 15.1. The number of hydrogen-bond acceptors (Lipinski definition) is 6. The first-order valence-corrected chi connectivity index (χ1v) is 16.1. The average Bonchev–Trinajstić information content (AvgIpc) is 3.33. The van der Waals surface area contributed by atoms with E-state index in [0.717, 1.165) is 68.6 Å². The molecule has 6 nitrogen and oxygen atoms in total. The van der Waals surface area contributed by atoms with Crippen LogP contribution in [0.1, 0.15) is 60.5 Å². The standard InChI is InChI=1S/C34H44N4O2S/c1-5-40-15-14-32-35-18-24-10-13-26(17-30(24)36-32)38(33(39)31-7-6-16-41-31)22-29-27-20-37(21-28(27)29)19-23-8-11-25(12-9-23)34(2,3)4/h6-13,16-17,27-29,32,35-36H,5,14-15,18-22H2,1-4H3. The van der Waals surface area contributed by atoms with Gasteiger partial charge >= 0.3 is 0 Å². The fourth-order valence-corrected chi connectivity index (χ4v) is 7.24. The monoisotopic (exact) mass is 572 g/mol. The Morgan fingerprint density at radius 3 is 2.56 bits per heavy atom. The number of carbonyl (C=O) groups excluding carboxylic acids is 1. The van der Waals surface area contributed by atoms with Gasteiger partial charge in [0.2, 0.25) is 0 Å². The lowest BCUT2D eigenvalue weighted by molar-refractivity contribution is 0.0988. The molecule has 1 aromatic heterocycles. The molecule has 3 atom stereocenters. The first kappa shape index (κ1) is 28.4. The van der Waals surface area contributed by atoms with E-state index in [4.69, 9.17) is 4.74 Å². The van der Waals surface area contributed by atoms with Gasteiger partial charge < -0.3 is 15.0 Å². The van der Waals surface area contributed by atoms with Gasteiger partial charge in [-0.2, -0.15) is 0 Å². The zero-order valence-corrected chi connectivity index (χ0v) is 25.7. The average molecular weight is 573 g/mol. The first-order valence-electron chi connectivity index (χ1n) is 15.2. The molecule has 1 amide bonds. The minimum absolute atomic E-state index is 0.113. The lowest BCUT2D eigenvalue weighted by Gasteiger charge is -2.31. The number of rotatable bonds is 10. The zero-order valence-electron chi connectivity index (χ0n) is 24.9. The summed E-state index contributed by atoms with van der Waals surface area (Å²) in [5, 5.41) is 9.19. The van der Waals surface area contributed by atoms with Gasteiger partial charge in [0.25, 0.3) is 5.91 Å². The predicted octanol–water partition coefficient (Wildman–Crippen LogP) is 6.34. The molecule has 1 saturated carbocycles. The maximum absolute atomic E-state index is 13.8. The number of piperidine rings is 1. The SMILES string of the molecule is CCOCCC1NCc2ccc(N(CC3C4CN(Cc5ccc(C(C)(C)C)cc5)CC43)C(=O)c3cccs3)cc2N1. The lowest BCUT2D eigenvalue weighted by Crippen LogP contribution is -2.41. The number of thiophene rings is 1. The molecule has 0 radical (unpaired) electrons. The molecule has 1 saturated heterocycles. The highest BCUT2D eigenvalue weighted by atomic mass is 32.1. The number of amides is 1. The van der Waals surface area contributed by atoms with Crippen molar-refractivity contribution in [2.24, 2.45) is 17.8 Å². The van der Waals surface area contributed by atoms with Crippen LogP contribution in [0.4, 0.5) is 11.4 Å². The van der Waals surface area contributed by atoms with Crippen molar-refractivity contribution in [1.82, 2.24) is 10.2 Å². The predicted molar refractivity (Wildman–Crippen MR) is 169 cm³/mol. The van der Waals surface area contributed by atoms with Crippen molar-refractivity contribution < 1.29 is 9.53 Å². The fourth-order valence-electron chi connectivity index (χ4n) is 6.57. The van der Waals surface area contributed by atoms with Crippen molar-refractivity contribution in [3.05, 3.63) is 81.5 Å². The van der Waals surface area contributed by atoms with Crippen molar-refractivity contribution in [1.29, 1.82) is 0 Å². The van der Waals surface area contributed by atoms with Gasteiger partial charge in [-0.3, -0.25) is 15.0 Å². The van der Waals surface area contributed by atoms with E-state index in [-0.39, 0.29) is 17.5 Å². The number of ether oxygens (including phenoxy) is 1. The van der Waals surface area contributed by atoms with E-state index >= 15 is 0 Å². The van der Waals surface area contributed by atoms with Crippen LogP contribution in [0.25, 0.3) is 0 Å². The molecule has 2 fully saturated rings. The van der Waals surface area contributed by atoms with Crippen LogP contribution in [0, 0.1) is 17.8 Å². The second-order valence-electron chi connectivity index (χ2n) is 12.9. The molecule has 0 spiro atoms. The number of likely N-dealkylation sites (tertiary alicyclic amines) is 1. The third-order valence-electron chi connectivity index (χ3n) is 9.07.